The van der Waals surface area contributed by atoms with E-state index in [0.29, 0.717) is 19.5 Å². The molecule has 0 saturated heterocycles. The summed E-state index contributed by atoms with van der Waals surface area (Å²) in [5, 5.41) is 0. The highest BCUT2D eigenvalue weighted by Gasteiger charge is 1.89. The van der Waals surface area contributed by atoms with Crippen molar-refractivity contribution in [3.05, 3.63) is 24.6 Å². The van der Waals surface area contributed by atoms with Gasteiger partial charge in [0.2, 0.25) is 19.5 Å². The molecule has 0 bridgehead atoms. The zero-order valence-electron chi connectivity index (χ0n) is 4.89. The summed E-state index contributed by atoms with van der Waals surface area (Å²) in [7, 11) is 0.823. The van der Waals surface area contributed by atoms with E-state index in [-0.39, 0.29) is 10.0 Å². The summed E-state index contributed by atoms with van der Waals surface area (Å²) in [5.74, 6) is 0. The quantitative estimate of drug-likeness (QED) is 0.415. The predicted molar refractivity (Wildman–Crippen MR) is 39.8 cm³/mol. The van der Waals surface area contributed by atoms with Crippen molar-refractivity contribution in [2.75, 3.05) is 0 Å². The van der Waals surface area contributed by atoms with Gasteiger partial charge >= 0.3 is 10.0 Å². The monoisotopic (exact) mass is 170 g/mol. The Labute approximate surface area is 62.9 Å². The molecule has 0 aliphatic heterocycles. The van der Waals surface area contributed by atoms with E-state index in [2.05, 4.69) is 13.2 Å². The lowest BCUT2D eigenvalue weighted by molar-refractivity contribution is 0.501. The molecule has 0 N–H and O–H groups in total. The molecule has 5 heteroatoms. The van der Waals surface area contributed by atoms with Gasteiger partial charge in [-0.3, -0.25) is 0 Å². The Hall–Kier alpha value is 0.0506. The average molecular weight is 170 g/mol. The lowest BCUT2D eigenvalue weighted by Crippen LogP contribution is -2.08. The number of hydrogen-bond acceptors (Lipinski definition) is 2. The van der Waals surface area contributed by atoms with Crippen molar-refractivity contribution in [3.8, 4) is 0 Å². The molecule has 0 aliphatic rings. The molecule has 0 aromatic carbocycles. The van der Waals surface area contributed by atoms with Crippen LogP contribution in [0.15, 0.2) is 24.6 Å². The van der Waals surface area contributed by atoms with E-state index >= 15 is 0 Å². The third-order valence-corrected chi connectivity index (χ3v) is 2.31. The molecule has 0 fully saturated rings. The fourth-order valence-electron chi connectivity index (χ4n) is 0.152. The van der Waals surface area contributed by atoms with Gasteiger partial charge in [0.1, 0.15) is 0 Å². The molecule has 0 spiro atoms. The van der Waals surface area contributed by atoms with Gasteiger partial charge in [-0.2, -0.15) is 0 Å². The van der Waals surface area contributed by atoms with Crippen LogP contribution >= 0.6 is 0 Å². The zero-order valence-corrected chi connectivity index (χ0v) is 7.89. The third kappa shape index (κ3) is 8.05. The number of hydrogen-bond donors (Lipinski definition) is 0. The Morgan fingerprint density at radius 3 is 1.78 bits per heavy atom. The van der Waals surface area contributed by atoms with E-state index in [0.717, 1.165) is 0 Å². The Morgan fingerprint density at radius 2 is 1.44 bits per heavy atom. The van der Waals surface area contributed by atoms with Crippen LogP contribution in [-0.4, -0.2) is 29.5 Å². The third-order valence-electron chi connectivity index (χ3n) is 0.368. The molecule has 0 heterocycles. The minimum atomic E-state index is 0.128. The highest BCUT2D eigenvalue weighted by Crippen LogP contribution is 1.70. The Morgan fingerprint density at radius 1 is 1.00 bits per heavy atom. The van der Waals surface area contributed by atoms with Crippen molar-refractivity contribution < 1.29 is 8.23 Å². The second-order valence-corrected chi connectivity index (χ2v) is 4.02. The van der Waals surface area contributed by atoms with Gasteiger partial charge in [0.25, 0.3) is 0 Å². The molecule has 0 aromatic rings. The van der Waals surface area contributed by atoms with E-state index in [1.165, 1.54) is 0 Å². The van der Waals surface area contributed by atoms with E-state index in [1.807, 2.05) is 0 Å². The van der Waals surface area contributed by atoms with Crippen LogP contribution in [0.25, 0.3) is 0 Å². The maximum atomic E-state index is 4.96. The minimum absolute atomic E-state index is 0.128. The second-order valence-electron chi connectivity index (χ2n) is 0.931. The lowest BCUT2D eigenvalue weighted by atomic mass is 11.3. The highest BCUT2D eigenvalue weighted by molar-refractivity contribution is 6.49. The Bertz CT molecular complexity index is 75.9. The standard InChI is InChI=1S/C4H6O2Si3/c1-3-7-5-9-6-8-4-2/h3-4H,1-2H2. The maximum Gasteiger partial charge on any atom is 0.410 e. The van der Waals surface area contributed by atoms with Crippen LogP contribution in [0.3, 0.4) is 0 Å². The maximum absolute atomic E-state index is 4.96. The summed E-state index contributed by atoms with van der Waals surface area (Å²) in [6.45, 7) is 6.99. The Kier molecular flexibility index (Phi) is 8.10. The van der Waals surface area contributed by atoms with Gasteiger partial charge in [-0.1, -0.05) is 11.4 Å². The van der Waals surface area contributed by atoms with Gasteiger partial charge in [0.15, 0.2) is 0 Å². The summed E-state index contributed by atoms with van der Waals surface area (Å²) in [6, 6.07) is 0. The van der Waals surface area contributed by atoms with Crippen LogP contribution in [-0.2, 0) is 8.23 Å². The summed E-state index contributed by atoms with van der Waals surface area (Å²) in [5.41, 5.74) is 3.43. The van der Waals surface area contributed by atoms with Gasteiger partial charge in [0, 0.05) is 0 Å². The van der Waals surface area contributed by atoms with Crippen molar-refractivity contribution in [2.24, 2.45) is 0 Å². The fraction of sp³-hybridized carbons (Fsp3) is 0. The van der Waals surface area contributed by atoms with Crippen molar-refractivity contribution in [3.63, 3.8) is 0 Å². The van der Waals surface area contributed by atoms with E-state index in [4.69, 9.17) is 8.23 Å². The first-order valence-corrected chi connectivity index (χ1v) is 5.00. The molecule has 0 rings (SSSR count). The smallest absolute Gasteiger partial charge is 0.410 e. The fourth-order valence-corrected chi connectivity index (χ4v) is 1.75. The summed E-state index contributed by atoms with van der Waals surface area (Å²) >= 11 is 0. The van der Waals surface area contributed by atoms with Crippen LogP contribution in [0.4, 0.5) is 0 Å². The van der Waals surface area contributed by atoms with Crippen LogP contribution in [0.2, 0.25) is 0 Å². The summed E-state index contributed by atoms with van der Waals surface area (Å²) in [6.07, 6.45) is 0. The van der Waals surface area contributed by atoms with Gasteiger partial charge in [-0.15, -0.1) is 13.2 Å². The molecule has 46 valence electrons. The summed E-state index contributed by atoms with van der Waals surface area (Å²) < 4.78 is 9.92. The van der Waals surface area contributed by atoms with Crippen molar-refractivity contribution >= 4 is 29.5 Å². The van der Waals surface area contributed by atoms with Crippen LogP contribution < -0.4 is 0 Å². The molecule has 0 amide bonds. The van der Waals surface area contributed by atoms with Crippen LogP contribution in [0.5, 0.6) is 0 Å². The van der Waals surface area contributed by atoms with Gasteiger partial charge in [0.05, 0.1) is 0 Å². The molecule has 2 nitrogen and oxygen atoms in total. The topological polar surface area (TPSA) is 18.5 Å². The van der Waals surface area contributed by atoms with Crippen LogP contribution in [0, 0.1) is 0 Å². The molecular formula is C4H6O2Si3. The zero-order chi connectivity index (χ0) is 6.95. The molecule has 6 radical (unpaired) electrons. The molecule has 0 saturated carbocycles. The molecule has 0 aromatic heterocycles. The first kappa shape index (κ1) is 9.05. The molecule has 9 heavy (non-hydrogen) atoms. The number of rotatable bonds is 6. The largest absolute Gasteiger partial charge is 0.431 e. The molecule has 0 unspecified atom stereocenters. The van der Waals surface area contributed by atoms with E-state index < -0.39 is 0 Å². The minimum Gasteiger partial charge on any atom is -0.431 e. The van der Waals surface area contributed by atoms with E-state index in [9.17, 15) is 0 Å². The first-order valence-electron chi connectivity index (χ1n) is 2.21. The van der Waals surface area contributed by atoms with Gasteiger partial charge in [-0.05, 0) is 0 Å². The van der Waals surface area contributed by atoms with Crippen molar-refractivity contribution in [2.45, 2.75) is 0 Å². The second kappa shape index (κ2) is 8.05. The normalized spacial score (nSPS) is 8.89. The van der Waals surface area contributed by atoms with Gasteiger partial charge < -0.3 is 8.23 Å². The van der Waals surface area contributed by atoms with Crippen LogP contribution in [0.1, 0.15) is 0 Å². The average Bonchev–Trinajstić information content (AvgIpc) is 1.89. The highest BCUT2D eigenvalue weighted by atomic mass is 28.4. The first-order chi connectivity index (χ1) is 4.41. The summed E-state index contributed by atoms with van der Waals surface area (Å²) in [4.78, 5) is 0. The predicted octanol–water partition coefficient (Wildman–Crippen LogP) is 0.0792. The van der Waals surface area contributed by atoms with Crippen molar-refractivity contribution in [1.82, 2.24) is 0 Å². The van der Waals surface area contributed by atoms with Gasteiger partial charge in [-0.25, -0.2) is 0 Å². The van der Waals surface area contributed by atoms with Crippen molar-refractivity contribution in [1.29, 1.82) is 0 Å². The van der Waals surface area contributed by atoms with E-state index in [1.54, 1.807) is 11.4 Å². The Balaban J connectivity index is 2.74. The molecule has 0 aliphatic carbocycles. The molecule has 0 atom stereocenters. The SMILES string of the molecule is C=C[Si]O[Si]O[Si]C=C. The lowest BCUT2D eigenvalue weighted by Gasteiger charge is -1.93. The molecular weight excluding hydrogens is 164 g/mol.